The van der Waals surface area contributed by atoms with Gasteiger partial charge in [0.1, 0.15) is 11.6 Å². The molecule has 1 saturated heterocycles. The molecule has 3 aromatic rings. The van der Waals surface area contributed by atoms with Gasteiger partial charge in [-0.25, -0.2) is 14.2 Å². The molecule has 12 heteroatoms. The van der Waals surface area contributed by atoms with Crippen molar-refractivity contribution in [3.8, 4) is 0 Å². The van der Waals surface area contributed by atoms with Crippen molar-refractivity contribution in [2.24, 2.45) is 0 Å². The first-order valence-corrected chi connectivity index (χ1v) is 10.3. The summed E-state index contributed by atoms with van der Waals surface area (Å²) in [6, 6.07) is 4.55. The number of aromatic nitrogens is 4. The minimum absolute atomic E-state index is 0.0147. The summed E-state index contributed by atoms with van der Waals surface area (Å²) < 4.78 is 29.6. The predicted molar refractivity (Wildman–Crippen MR) is 115 cm³/mol. The van der Waals surface area contributed by atoms with Crippen molar-refractivity contribution in [2.75, 3.05) is 5.73 Å². The second-order valence-corrected chi connectivity index (χ2v) is 8.52. The number of imidazole rings is 1. The lowest BCUT2D eigenvalue weighted by atomic mass is 9.80. The molecule has 3 N–H and O–H groups in total. The van der Waals surface area contributed by atoms with E-state index in [1.165, 1.54) is 36.9 Å². The SMILES string of the molecule is CC(=O)OC1(C)[C@@H](c2cccc(C(=O)O)c2C)OC(n2cnc3c(Cl)nc(N)nc32)[C@]1(C)F. The zero-order chi connectivity index (χ0) is 24.3. The van der Waals surface area contributed by atoms with E-state index < -0.39 is 35.5 Å². The van der Waals surface area contributed by atoms with Crippen LogP contribution < -0.4 is 5.73 Å². The van der Waals surface area contributed by atoms with Gasteiger partial charge in [0.15, 0.2) is 28.3 Å². The second-order valence-electron chi connectivity index (χ2n) is 8.17. The standard InChI is InChI=1S/C21H21ClFN5O5/c1-9-11(6-5-7-12(9)17(30)31)14-21(4,33-10(2)29)20(3,23)18(32-14)28-8-25-13-15(22)26-19(24)27-16(13)28/h5-8,14,18H,1-4H3,(H,30,31)(H2,24,26,27)/t14-,18?,20+,21?/m1/s1. The Kier molecular flexibility index (Phi) is 5.29. The first kappa shape index (κ1) is 22.9. The summed E-state index contributed by atoms with van der Waals surface area (Å²) in [6.07, 6.45) is -1.26. The number of ether oxygens (including phenoxy) is 2. The lowest BCUT2D eigenvalue weighted by Crippen LogP contribution is -2.51. The van der Waals surface area contributed by atoms with Gasteiger partial charge in [-0.05, 0) is 38.0 Å². The number of nitrogens with zero attached hydrogens (tertiary/aromatic N) is 4. The topological polar surface area (TPSA) is 142 Å². The van der Waals surface area contributed by atoms with Gasteiger partial charge in [-0.2, -0.15) is 9.97 Å². The molecule has 3 heterocycles. The number of carboxylic acids is 1. The third kappa shape index (κ3) is 3.39. The largest absolute Gasteiger partial charge is 0.478 e. The number of hydrogen-bond acceptors (Lipinski definition) is 8. The molecule has 33 heavy (non-hydrogen) atoms. The molecule has 4 rings (SSSR count). The second kappa shape index (κ2) is 7.63. The molecule has 10 nitrogen and oxygen atoms in total. The highest BCUT2D eigenvalue weighted by Gasteiger charge is 2.67. The monoisotopic (exact) mass is 477 g/mol. The van der Waals surface area contributed by atoms with E-state index in [4.69, 9.17) is 26.8 Å². The van der Waals surface area contributed by atoms with E-state index in [0.717, 1.165) is 6.92 Å². The molecule has 1 aliphatic heterocycles. The first-order valence-electron chi connectivity index (χ1n) is 9.90. The number of nitrogens with two attached hydrogens (primary N) is 1. The highest BCUT2D eigenvalue weighted by atomic mass is 35.5. The lowest BCUT2D eigenvalue weighted by molar-refractivity contribution is -0.174. The van der Waals surface area contributed by atoms with Crippen LogP contribution in [0.3, 0.4) is 0 Å². The van der Waals surface area contributed by atoms with Crippen molar-refractivity contribution in [3.63, 3.8) is 0 Å². The van der Waals surface area contributed by atoms with E-state index in [2.05, 4.69) is 15.0 Å². The van der Waals surface area contributed by atoms with E-state index in [0.29, 0.717) is 11.1 Å². The third-order valence-electron chi connectivity index (χ3n) is 6.09. The maximum Gasteiger partial charge on any atom is 0.335 e. The van der Waals surface area contributed by atoms with Gasteiger partial charge >= 0.3 is 11.9 Å². The molecule has 1 aliphatic rings. The smallest absolute Gasteiger partial charge is 0.335 e. The number of halogens is 2. The molecule has 0 saturated carbocycles. The number of nitrogen functional groups attached to an aromatic ring is 1. The summed E-state index contributed by atoms with van der Waals surface area (Å²) in [6.45, 7) is 5.38. The van der Waals surface area contributed by atoms with Crippen LogP contribution in [0.25, 0.3) is 11.2 Å². The quantitative estimate of drug-likeness (QED) is 0.427. The number of esters is 1. The molecule has 0 aliphatic carbocycles. The van der Waals surface area contributed by atoms with Gasteiger partial charge in [-0.1, -0.05) is 23.7 Å². The number of hydrogen-bond donors (Lipinski definition) is 2. The van der Waals surface area contributed by atoms with Crippen molar-refractivity contribution in [2.45, 2.75) is 51.3 Å². The van der Waals surface area contributed by atoms with Crippen molar-refractivity contribution >= 4 is 40.7 Å². The van der Waals surface area contributed by atoms with Crippen LogP contribution in [0.1, 0.15) is 54.6 Å². The Morgan fingerprint density at radius 3 is 2.67 bits per heavy atom. The molecule has 4 atom stereocenters. The maximum atomic E-state index is 16.6. The van der Waals surface area contributed by atoms with Crippen LogP contribution in [0.15, 0.2) is 24.5 Å². The Hall–Kier alpha value is -3.31. The number of benzene rings is 1. The van der Waals surface area contributed by atoms with Crippen molar-refractivity contribution in [1.82, 2.24) is 19.5 Å². The zero-order valence-corrected chi connectivity index (χ0v) is 18.9. The summed E-state index contributed by atoms with van der Waals surface area (Å²) in [5, 5.41) is 9.52. The number of carbonyl (C=O) groups excluding carboxylic acids is 1. The fourth-order valence-corrected chi connectivity index (χ4v) is 4.50. The number of aromatic carboxylic acids is 1. The van der Waals surface area contributed by atoms with Gasteiger partial charge in [-0.3, -0.25) is 9.36 Å². The average molecular weight is 478 g/mol. The summed E-state index contributed by atoms with van der Waals surface area (Å²) in [5.74, 6) is -2.02. The minimum atomic E-state index is -2.32. The van der Waals surface area contributed by atoms with E-state index >= 15 is 4.39 Å². The summed E-state index contributed by atoms with van der Waals surface area (Å²) in [7, 11) is 0. The lowest BCUT2D eigenvalue weighted by Gasteiger charge is -2.37. The molecule has 0 amide bonds. The Labute approximate surface area is 192 Å². The number of fused-ring (bicyclic) bond motifs is 1. The zero-order valence-electron chi connectivity index (χ0n) is 18.2. The molecule has 174 valence electrons. The summed E-state index contributed by atoms with van der Waals surface area (Å²) in [4.78, 5) is 35.8. The Balaban J connectivity index is 1.93. The van der Waals surface area contributed by atoms with E-state index in [-0.39, 0.29) is 27.8 Å². The molecular weight excluding hydrogens is 457 g/mol. The minimum Gasteiger partial charge on any atom is -0.478 e. The number of carbonyl (C=O) groups is 2. The number of rotatable bonds is 4. The summed E-state index contributed by atoms with van der Waals surface area (Å²) >= 11 is 6.10. The Bertz CT molecular complexity index is 1300. The van der Waals surface area contributed by atoms with Gasteiger partial charge < -0.3 is 20.3 Å². The van der Waals surface area contributed by atoms with Crippen molar-refractivity contribution in [1.29, 1.82) is 0 Å². The average Bonchev–Trinajstić information content (AvgIpc) is 3.19. The van der Waals surface area contributed by atoms with E-state index in [1.807, 2.05) is 0 Å². The normalized spacial score (nSPS) is 27.1. The van der Waals surface area contributed by atoms with Crippen LogP contribution in [0.2, 0.25) is 5.15 Å². The number of anilines is 1. The molecule has 2 unspecified atom stereocenters. The number of alkyl halides is 1. The van der Waals surface area contributed by atoms with Crippen molar-refractivity contribution in [3.05, 3.63) is 46.4 Å². The molecule has 1 fully saturated rings. The molecule has 0 radical (unpaired) electrons. The molecule has 1 aromatic carbocycles. The maximum absolute atomic E-state index is 16.6. The van der Waals surface area contributed by atoms with Gasteiger partial charge in [0.25, 0.3) is 0 Å². The van der Waals surface area contributed by atoms with Gasteiger partial charge in [0.2, 0.25) is 5.95 Å². The van der Waals surface area contributed by atoms with Crippen LogP contribution in [0.4, 0.5) is 10.3 Å². The summed E-state index contributed by atoms with van der Waals surface area (Å²) in [5.41, 5.74) is 2.60. The van der Waals surface area contributed by atoms with Crippen LogP contribution in [-0.4, -0.2) is 47.8 Å². The molecule has 0 bridgehead atoms. The highest BCUT2D eigenvalue weighted by Crippen LogP contribution is 2.57. The fourth-order valence-electron chi connectivity index (χ4n) is 4.28. The van der Waals surface area contributed by atoms with Crippen LogP contribution in [0, 0.1) is 6.92 Å². The fraction of sp³-hybridized carbons (Fsp3) is 0.381. The van der Waals surface area contributed by atoms with Gasteiger partial charge in [-0.15, -0.1) is 0 Å². The molecular formula is C21H21ClFN5O5. The Morgan fingerprint density at radius 2 is 2.03 bits per heavy atom. The first-order chi connectivity index (χ1) is 15.4. The van der Waals surface area contributed by atoms with E-state index in [9.17, 15) is 14.7 Å². The molecule has 2 aromatic heterocycles. The van der Waals surface area contributed by atoms with E-state index in [1.54, 1.807) is 13.0 Å². The molecule has 0 spiro atoms. The Morgan fingerprint density at radius 1 is 1.33 bits per heavy atom. The van der Waals surface area contributed by atoms with Gasteiger partial charge in [0.05, 0.1) is 11.9 Å². The van der Waals surface area contributed by atoms with Crippen LogP contribution in [0.5, 0.6) is 0 Å². The predicted octanol–water partition coefficient (Wildman–Crippen LogP) is 3.39. The van der Waals surface area contributed by atoms with Gasteiger partial charge in [0, 0.05) is 6.92 Å². The third-order valence-corrected chi connectivity index (χ3v) is 6.36. The van der Waals surface area contributed by atoms with Crippen molar-refractivity contribution < 1.29 is 28.6 Å². The number of carboxylic acid groups (broad SMARTS) is 1. The van der Waals surface area contributed by atoms with Crippen LogP contribution in [-0.2, 0) is 14.3 Å². The van der Waals surface area contributed by atoms with Crippen LogP contribution >= 0.6 is 11.6 Å². The highest BCUT2D eigenvalue weighted by molar-refractivity contribution is 6.33.